The highest BCUT2D eigenvalue weighted by Crippen LogP contribution is 2.40. The lowest BCUT2D eigenvalue weighted by atomic mass is 9.69. The largest absolute Gasteiger partial charge is 0.490 e. The van der Waals surface area contributed by atoms with E-state index in [1.165, 1.54) is 24.8 Å². The summed E-state index contributed by atoms with van der Waals surface area (Å²) in [5.74, 6) is 1.51. The van der Waals surface area contributed by atoms with Crippen LogP contribution in [-0.4, -0.2) is 32.3 Å². The van der Waals surface area contributed by atoms with E-state index in [9.17, 15) is 4.79 Å². The Hall–Kier alpha value is -2.69. The Morgan fingerprint density at radius 2 is 1.45 bits per heavy atom. The van der Waals surface area contributed by atoms with Crippen molar-refractivity contribution in [2.24, 2.45) is 0 Å². The summed E-state index contributed by atoms with van der Waals surface area (Å²) in [4.78, 5) is 13.2. The molecule has 0 spiro atoms. The maximum Gasteiger partial charge on any atom is 0.251 e. The molecule has 1 saturated carbocycles. The average Bonchev–Trinajstić information content (AvgIpc) is 2.81. The van der Waals surface area contributed by atoms with Crippen LogP contribution in [0.2, 0.25) is 0 Å². The molecule has 2 aromatic carbocycles. The van der Waals surface area contributed by atoms with Crippen LogP contribution in [0.4, 0.5) is 0 Å². The summed E-state index contributed by atoms with van der Waals surface area (Å²) in [5, 5.41) is 3.21. The Labute approximate surface area is 186 Å². The Bertz CT molecular complexity index is 817. The molecule has 0 heterocycles. The molecule has 3 rings (SSSR count). The number of amides is 1. The Morgan fingerprint density at radius 1 is 0.871 bits per heavy atom. The first-order valence-electron chi connectivity index (χ1n) is 11.5. The second-order valence-electron chi connectivity index (χ2n) is 7.99. The number of rotatable bonds is 10. The minimum Gasteiger partial charge on any atom is -0.490 e. The fraction of sp³-hybridized carbons (Fsp3) is 0.500. The van der Waals surface area contributed by atoms with E-state index in [1.807, 2.05) is 26.8 Å². The van der Waals surface area contributed by atoms with Crippen molar-refractivity contribution in [2.75, 3.05) is 26.4 Å². The molecule has 5 nitrogen and oxygen atoms in total. The van der Waals surface area contributed by atoms with Crippen LogP contribution in [0.25, 0.3) is 0 Å². The molecule has 1 amide bonds. The molecule has 0 aromatic heterocycles. The first kappa shape index (κ1) is 23.0. The average molecular weight is 426 g/mol. The van der Waals surface area contributed by atoms with Gasteiger partial charge in [0.1, 0.15) is 0 Å². The van der Waals surface area contributed by atoms with Crippen LogP contribution in [-0.2, 0) is 5.41 Å². The summed E-state index contributed by atoms with van der Waals surface area (Å²) in [6.07, 6.45) is 5.83. The molecule has 2 aromatic rings. The molecular formula is C26H35NO4. The molecule has 0 radical (unpaired) electrons. The van der Waals surface area contributed by atoms with Crippen molar-refractivity contribution in [2.45, 2.75) is 58.3 Å². The lowest BCUT2D eigenvalue weighted by molar-refractivity contribution is 0.0935. The van der Waals surface area contributed by atoms with E-state index in [2.05, 4.69) is 29.6 Å². The van der Waals surface area contributed by atoms with Gasteiger partial charge in [0.15, 0.2) is 11.5 Å². The van der Waals surface area contributed by atoms with E-state index in [0.29, 0.717) is 49.2 Å². The van der Waals surface area contributed by atoms with Gasteiger partial charge in [0.2, 0.25) is 5.75 Å². The number of carbonyl (C=O) groups is 1. The van der Waals surface area contributed by atoms with Gasteiger partial charge in [-0.1, -0.05) is 49.6 Å². The lowest BCUT2D eigenvalue weighted by Gasteiger charge is -2.38. The van der Waals surface area contributed by atoms with Crippen molar-refractivity contribution in [1.82, 2.24) is 5.32 Å². The lowest BCUT2D eigenvalue weighted by Crippen LogP contribution is -2.42. The molecule has 0 saturated heterocycles. The fourth-order valence-electron chi connectivity index (χ4n) is 4.46. The Morgan fingerprint density at radius 3 is 2.00 bits per heavy atom. The molecule has 1 aliphatic rings. The van der Waals surface area contributed by atoms with Gasteiger partial charge in [0.25, 0.3) is 5.91 Å². The zero-order valence-corrected chi connectivity index (χ0v) is 19.0. The van der Waals surface area contributed by atoms with Crippen LogP contribution in [0.1, 0.15) is 68.8 Å². The number of hydrogen-bond donors (Lipinski definition) is 1. The summed E-state index contributed by atoms with van der Waals surface area (Å²) >= 11 is 0. The minimum absolute atomic E-state index is 0.00801. The second kappa shape index (κ2) is 11.1. The maximum atomic E-state index is 13.2. The van der Waals surface area contributed by atoms with Gasteiger partial charge >= 0.3 is 0 Å². The molecule has 0 atom stereocenters. The molecule has 1 fully saturated rings. The zero-order chi connectivity index (χ0) is 22.1. The molecule has 1 aliphatic carbocycles. The van der Waals surface area contributed by atoms with Crippen molar-refractivity contribution in [3.05, 3.63) is 53.6 Å². The SMILES string of the molecule is CCOc1cc(C(=O)NCC2(c3ccccc3)CCCCC2)cc(OCC)c1OCC. The Kier molecular flexibility index (Phi) is 8.21. The normalized spacial score (nSPS) is 15.2. The molecule has 1 N–H and O–H groups in total. The number of hydrogen-bond acceptors (Lipinski definition) is 4. The highest BCUT2D eigenvalue weighted by atomic mass is 16.5. The maximum absolute atomic E-state index is 13.2. The quantitative estimate of drug-likeness (QED) is 0.545. The van der Waals surface area contributed by atoms with E-state index in [-0.39, 0.29) is 11.3 Å². The highest BCUT2D eigenvalue weighted by Gasteiger charge is 2.34. The van der Waals surface area contributed by atoms with Crippen LogP contribution in [0, 0.1) is 0 Å². The van der Waals surface area contributed by atoms with Gasteiger partial charge < -0.3 is 19.5 Å². The molecule has 31 heavy (non-hydrogen) atoms. The first-order valence-corrected chi connectivity index (χ1v) is 11.5. The predicted molar refractivity (Wildman–Crippen MR) is 123 cm³/mol. The topological polar surface area (TPSA) is 56.8 Å². The zero-order valence-electron chi connectivity index (χ0n) is 19.0. The van der Waals surface area contributed by atoms with Gasteiger partial charge in [-0.3, -0.25) is 4.79 Å². The van der Waals surface area contributed by atoms with Crippen LogP contribution >= 0.6 is 0 Å². The van der Waals surface area contributed by atoms with E-state index in [1.54, 1.807) is 12.1 Å². The third-order valence-corrected chi connectivity index (χ3v) is 5.96. The minimum atomic E-state index is -0.120. The van der Waals surface area contributed by atoms with Crippen LogP contribution in [0.3, 0.4) is 0 Å². The molecule has 168 valence electrons. The second-order valence-corrected chi connectivity index (χ2v) is 7.99. The van der Waals surface area contributed by atoms with Gasteiger partial charge in [-0.25, -0.2) is 0 Å². The van der Waals surface area contributed by atoms with Gasteiger partial charge in [0, 0.05) is 17.5 Å². The summed E-state index contributed by atoms with van der Waals surface area (Å²) in [6, 6.07) is 14.1. The van der Waals surface area contributed by atoms with Crippen molar-refractivity contribution in [1.29, 1.82) is 0 Å². The van der Waals surface area contributed by atoms with E-state index in [0.717, 1.165) is 12.8 Å². The predicted octanol–water partition coefficient (Wildman–Crippen LogP) is 5.51. The number of carbonyl (C=O) groups excluding carboxylic acids is 1. The third kappa shape index (κ3) is 5.52. The van der Waals surface area contributed by atoms with Gasteiger partial charge in [-0.2, -0.15) is 0 Å². The third-order valence-electron chi connectivity index (χ3n) is 5.96. The monoisotopic (exact) mass is 425 g/mol. The standard InChI is InChI=1S/C26H35NO4/c1-4-29-22-17-20(18-23(30-5-2)24(22)31-6-3)25(28)27-19-26(15-11-8-12-16-26)21-13-9-7-10-14-21/h7,9-10,13-14,17-18H,4-6,8,11-12,15-16,19H2,1-3H3,(H,27,28). The number of benzene rings is 2. The van der Waals surface area contributed by atoms with Crippen LogP contribution in [0.15, 0.2) is 42.5 Å². The van der Waals surface area contributed by atoms with Crippen LogP contribution < -0.4 is 19.5 Å². The number of nitrogens with one attached hydrogen (secondary N) is 1. The molecule has 0 bridgehead atoms. The highest BCUT2D eigenvalue weighted by molar-refractivity contribution is 5.95. The first-order chi connectivity index (χ1) is 15.1. The van der Waals surface area contributed by atoms with Crippen LogP contribution in [0.5, 0.6) is 17.2 Å². The smallest absolute Gasteiger partial charge is 0.251 e. The Balaban J connectivity index is 1.84. The number of ether oxygens (including phenoxy) is 3. The van der Waals surface area contributed by atoms with Crippen molar-refractivity contribution in [3.8, 4) is 17.2 Å². The van der Waals surface area contributed by atoms with E-state index in [4.69, 9.17) is 14.2 Å². The van der Waals surface area contributed by atoms with Crippen molar-refractivity contribution in [3.63, 3.8) is 0 Å². The molecule has 0 aliphatic heterocycles. The fourth-order valence-corrected chi connectivity index (χ4v) is 4.46. The summed E-state index contributed by atoms with van der Waals surface area (Å²) in [7, 11) is 0. The van der Waals surface area contributed by atoms with Gasteiger partial charge in [0.05, 0.1) is 19.8 Å². The van der Waals surface area contributed by atoms with Crippen molar-refractivity contribution < 1.29 is 19.0 Å². The molecular weight excluding hydrogens is 390 g/mol. The van der Waals surface area contributed by atoms with E-state index >= 15 is 0 Å². The van der Waals surface area contributed by atoms with Gasteiger partial charge in [-0.15, -0.1) is 0 Å². The summed E-state index contributed by atoms with van der Waals surface area (Å²) < 4.78 is 17.3. The molecule has 0 unspecified atom stereocenters. The van der Waals surface area contributed by atoms with Gasteiger partial charge in [-0.05, 0) is 51.3 Å². The summed E-state index contributed by atoms with van der Waals surface area (Å²) in [5.41, 5.74) is 1.83. The molecule has 5 heteroatoms. The van der Waals surface area contributed by atoms with Crippen molar-refractivity contribution >= 4 is 5.91 Å². The van der Waals surface area contributed by atoms with E-state index < -0.39 is 0 Å². The summed E-state index contributed by atoms with van der Waals surface area (Å²) in [6.45, 7) is 7.81.